The topological polar surface area (TPSA) is 72.2 Å². The first-order valence-electron chi connectivity index (χ1n) is 10.1. The summed E-state index contributed by atoms with van der Waals surface area (Å²) in [5, 5.41) is 13.3. The van der Waals surface area contributed by atoms with Crippen LogP contribution in [0.2, 0.25) is 0 Å². The summed E-state index contributed by atoms with van der Waals surface area (Å²) in [6, 6.07) is 27.6. The van der Waals surface area contributed by atoms with E-state index in [2.05, 4.69) is 36.7 Å². The van der Waals surface area contributed by atoms with Crippen molar-refractivity contribution in [1.29, 1.82) is 0 Å². The van der Waals surface area contributed by atoms with Gasteiger partial charge in [0.25, 0.3) is 5.91 Å². The van der Waals surface area contributed by atoms with E-state index < -0.39 is 0 Å². The molecule has 8 heteroatoms. The SMILES string of the molecule is O=C(CSc1nnc(-c2ccccc2)n1-c1ccc(Br)cc1)N/N=C\C=C\c1ccccc1. The van der Waals surface area contributed by atoms with E-state index in [1.54, 1.807) is 12.3 Å². The first kappa shape index (κ1) is 22.7. The molecule has 0 unspecified atom stereocenters. The van der Waals surface area contributed by atoms with Crippen LogP contribution >= 0.6 is 27.7 Å². The maximum atomic E-state index is 12.3. The molecule has 0 bridgehead atoms. The molecule has 4 rings (SSSR count). The molecule has 0 aliphatic rings. The molecule has 0 saturated carbocycles. The predicted octanol–water partition coefficient (Wildman–Crippen LogP) is 5.60. The Labute approximate surface area is 204 Å². The van der Waals surface area contributed by atoms with Crippen LogP contribution in [0.4, 0.5) is 0 Å². The molecule has 6 nitrogen and oxygen atoms in total. The molecule has 1 N–H and O–H groups in total. The van der Waals surface area contributed by atoms with E-state index >= 15 is 0 Å². The van der Waals surface area contributed by atoms with Gasteiger partial charge in [-0.05, 0) is 35.9 Å². The Kier molecular flexibility index (Phi) is 7.84. The molecule has 0 fully saturated rings. The third-order valence-electron chi connectivity index (χ3n) is 4.52. The summed E-state index contributed by atoms with van der Waals surface area (Å²) in [5.41, 5.74) is 5.46. The van der Waals surface area contributed by atoms with Crippen LogP contribution in [-0.4, -0.2) is 32.6 Å². The van der Waals surface area contributed by atoms with Crippen LogP contribution in [0, 0.1) is 0 Å². The Hall–Kier alpha value is -3.49. The second-order valence-electron chi connectivity index (χ2n) is 6.86. The molecule has 1 aromatic heterocycles. The number of thioether (sulfide) groups is 1. The predicted molar refractivity (Wildman–Crippen MR) is 137 cm³/mol. The number of nitrogens with one attached hydrogen (secondary N) is 1. The zero-order valence-corrected chi connectivity index (χ0v) is 19.9. The first-order chi connectivity index (χ1) is 16.2. The number of allylic oxidation sites excluding steroid dienone is 1. The molecular formula is C25H20BrN5OS. The zero-order valence-electron chi connectivity index (χ0n) is 17.5. The van der Waals surface area contributed by atoms with E-state index in [9.17, 15) is 4.79 Å². The van der Waals surface area contributed by atoms with Crippen molar-refractivity contribution in [3.8, 4) is 17.1 Å². The Morgan fingerprint density at radius 3 is 2.39 bits per heavy atom. The first-order valence-corrected chi connectivity index (χ1v) is 11.9. The van der Waals surface area contributed by atoms with Gasteiger partial charge in [-0.3, -0.25) is 9.36 Å². The third-order valence-corrected chi connectivity index (χ3v) is 5.98. The van der Waals surface area contributed by atoms with Crippen molar-refractivity contribution in [3.63, 3.8) is 0 Å². The van der Waals surface area contributed by atoms with Gasteiger partial charge in [0.05, 0.1) is 5.75 Å². The van der Waals surface area contributed by atoms with Crippen molar-refractivity contribution >= 4 is 45.9 Å². The fourth-order valence-electron chi connectivity index (χ4n) is 2.99. The number of rotatable bonds is 8. The molecule has 0 radical (unpaired) electrons. The number of amides is 1. The normalized spacial score (nSPS) is 11.3. The Balaban J connectivity index is 1.44. The van der Waals surface area contributed by atoms with Gasteiger partial charge in [-0.25, -0.2) is 5.43 Å². The maximum Gasteiger partial charge on any atom is 0.250 e. The van der Waals surface area contributed by atoms with Crippen LogP contribution in [-0.2, 0) is 4.79 Å². The van der Waals surface area contributed by atoms with Crippen molar-refractivity contribution in [2.24, 2.45) is 5.10 Å². The standard InChI is InChI=1S/C25H20BrN5OS/c26-21-13-15-22(16-14-21)31-24(20-11-5-2-6-12-20)29-30-25(31)33-18-23(32)28-27-17-7-10-19-8-3-1-4-9-19/h1-17H,18H2,(H,28,32)/b10-7+,27-17-. The molecule has 0 atom stereocenters. The Morgan fingerprint density at radius 1 is 0.970 bits per heavy atom. The minimum atomic E-state index is -0.226. The summed E-state index contributed by atoms with van der Waals surface area (Å²) < 4.78 is 2.93. The molecule has 1 heterocycles. The minimum absolute atomic E-state index is 0.156. The van der Waals surface area contributed by atoms with Gasteiger partial charge in [0.15, 0.2) is 11.0 Å². The van der Waals surface area contributed by atoms with Gasteiger partial charge in [-0.15, -0.1) is 10.2 Å². The van der Waals surface area contributed by atoms with Crippen molar-refractivity contribution in [2.45, 2.75) is 5.16 Å². The highest BCUT2D eigenvalue weighted by atomic mass is 79.9. The quantitative estimate of drug-likeness (QED) is 0.187. The number of carbonyl (C=O) groups excluding carboxylic acids is 1. The van der Waals surface area contributed by atoms with Crippen LogP contribution < -0.4 is 5.43 Å². The van der Waals surface area contributed by atoms with Gasteiger partial charge in [0.2, 0.25) is 0 Å². The van der Waals surface area contributed by atoms with Gasteiger partial charge >= 0.3 is 0 Å². The molecule has 1 amide bonds. The van der Waals surface area contributed by atoms with E-state index in [1.807, 2.05) is 95.6 Å². The highest BCUT2D eigenvalue weighted by molar-refractivity contribution is 9.10. The molecular weight excluding hydrogens is 498 g/mol. The van der Waals surface area contributed by atoms with Crippen LogP contribution in [0.5, 0.6) is 0 Å². The van der Waals surface area contributed by atoms with Gasteiger partial charge in [0, 0.05) is 21.9 Å². The highest BCUT2D eigenvalue weighted by Crippen LogP contribution is 2.28. The third kappa shape index (κ3) is 6.27. The van der Waals surface area contributed by atoms with Crippen LogP contribution in [0.1, 0.15) is 5.56 Å². The lowest BCUT2D eigenvalue weighted by Crippen LogP contribution is -2.19. The van der Waals surface area contributed by atoms with Crippen LogP contribution in [0.25, 0.3) is 23.2 Å². The lowest BCUT2D eigenvalue weighted by molar-refractivity contribution is -0.118. The zero-order chi connectivity index (χ0) is 22.9. The number of nitrogens with zero attached hydrogens (tertiary/aromatic N) is 4. The molecule has 0 aliphatic carbocycles. The van der Waals surface area contributed by atoms with E-state index in [0.29, 0.717) is 11.0 Å². The number of benzene rings is 3. The summed E-state index contributed by atoms with van der Waals surface area (Å²) in [4.78, 5) is 12.3. The summed E-state index contributed by atoms with van der Waals surface area (Å²) in [6.45, 7) is 0. The lowest BCUT2D eigenvalue weighted by Gasteiger charge is -2.10. The van der Waals surface area contributed by atoms with Crippen molar-refractivity contribution in [2.75, 3.05) is 5.75 Å². The smallest absolute Gasteiger partial charge is 0.250 e. The van der Waals surface area contributed by atoms with Gasteiger partial charge in [-0.2, -0.15) is 5.10 Å². The monoisotopic (exact) mass is 517 g/mol. The number of aromatic nitrogens is 3. The Bertz CT molecular complexity index is 1260. The summed E-state index contributed by atoms with van der Waals surface area (Å²) in [5.74, 6) is 0.643. The van der Waals surface area contributed by atoms with Crippen molar-refractivity contribution in [3.05, 3.63) is 101 Å². The highest BCUT2D eigenvalue weighted by Gasteiger charge is 2.17. The fourth-order valence-corrected chi connectivity index (χ4v) is 4.00. The van der Waals surface area contributed by atoms with E-state index in [-0.39, 0.29) is 11.7 Å². The molecule has 4 aromatic rings. The van der Waals surface area contributed by atoms with Crippen LogP contribution in [0.15, 0.2) is 106 Å². The molecule has 0 aliphatic heterocycles. The number of carbonyl (C=O) groups is 1. The number of hydrogen-bond acceptors (Lipinski definition) is 5. The molecule has 33 heavy (non-hydrogen) atoms. The molecule has 3 aromatic carbocycles. The van der Waals surface area contributed by atoms with Gasteiger partial charge < -0.3 is 0 Å². The lowest BCUT2D eigenvalue weighted by atomic mass is 10.2. The van der Waals surface area contributed by atoms with Gasteiger partial charge in [-0.1, -0.05) is 94.4 Å². The van der Waals surface area contributed by atoms with Gasteiger partial charge in [0.1, 0.15) is 0 Å². The summed E-state index contributed by atoms with van der Waals surface area (Å²) >= 11 is 4.78. The molecule has 164 valence electrons. The maximum absolute atomic E-state index is 12.3. The van der Waals surface area contributed by atoms with Crippen molar-refractivity contribution in [1.82, 2.24) is 20.2 Å². The molecule has 0 saturated heterocycles. The molecule has 0 spiro atoms. The fraction of sp³-hybridized carbons (Fsp3) is 0.0400. The van der Waals surface area contributed by atoms with E-state index in [1.165, 1.54) is 11.8 Å². The summed E-state index contributed by atoms with van der Waals surface area (Å²) in [6.07, 6.45) is 5.24. The second-order valence-corrected chi connectivity index (χ2v) is 8.71. The average molecular weight is 518 g/mol. The van der Waals surface area contributed by atoms with Crippen molar-refractivity contribution < 1.29 is 4.79 Å². The number of halogens is 1. The summed E-state index contributed by atoms with van der Waals surface area (Å²) in [7, 11) is 0. The second kappa shape index (κ2) is 11.4. The average Bonchev–Trinajstić information content (AvgIpc) is 3.28. The van der Waals surface area contributed by atoms with Crippen LogP contribution in [0.3, 0.4) is 0 Å². The minimum Gasteiger partial charge on any atom is -0.272 e. The van der Waals surface area contributed by atoms with E-state index in [0.717, 1.165) is 21.3 Å². The van der Waals surface area contributed by atoms with E-state index in [4.69, 9.17) is 0 Å². The number of hydrogen-bond donors (Lipinski definition) is 1. The number of hydrazone groups is 1. The largest absolute Gasteiger partial charge is 0.272 e. The Morgan fingerprint density at radius 2 is 1.67 bits per heavy atom.